The molecule has 3 aromatic carbocycles. The molecule has 8 heteroatoms. The Hall–Kier alpha value is -4.41. The number of aryl methyl sites for hydroxylation is 3. The smallest absolute Gasteiger partial charge is 0.263 e. The number of nitrogens with zero attached hydrogens (tertiary/aromatic N) is 4. The number of aromatic nitrogens is 2. The zero-order valence-electron chi connectivity index (χ0n) is 21.6. The molecular formula is C30H26ClN5O2. The van der Waals surface area contributed by atoms with Crippen LogP contribution in [0.2, 0.25) is 5.02 Å². The van der Waals surface area contributed by atoms with Crippen molar-refractivity contribution in [1.82, 2.24) is 9.55 Å². The SMILES string of the molecule is CNc1ccc(C(=O)n2c(C)nc3c2-c2cc(Cl)ccc2N(C(=O)c2ccc(C#N)c(C)c2)CC3)cc1C. The molecule has 4 aromatic rings. The molecule has 38 heavy (non-hydrogen) atoms. The Kier molecular flexibility index (Phi) is 6.52. The van der Waals surface area contributed by atoms with Gasteiger partial charge in [-0.25, -0.2) is 4.98 Å². The Morgan fingerprint density at radius 3 is 2.37 bits per heavy atom. The summed E-state index contributed by atoms with van der Waals surface area (Å²) in [5.41, 5.74) is 6.89. The zero-order valence-corrected chi connectivity index (χ0v) is 22.3. The summed E-state index contributed by atoms with van der Waals surface area (Å²) in [5, 5.41) is 12.9. The van der Waals surface area contributed by atoms with Crippen LogP contribution in [0.1, 0.15) is 48.9 Å². The molecule has 5 rings (SSSR count). The number of rotatable bonds is 3. The van der Waals surface area contributed by atoms with Crippen LogP contribution < -0.4 is 10.2 Å². The summed E-state index contributed by atoms with van der Waals surface area (Å²) in [5.74, 6) is 0.179. The molecular weight excluding hydrogens is 498 g/mol. The molecule has 0 fully saturated rings. The van der Waals surface area contributed by atoms with E-state index in [4.69, 9.17) is 16.6 Å². The summed E-state index contributed by atoms with van der Waals surface area (Å²) in [7, 11) is 1.84. The lowest BCUT2D eigenvalue weighted by atomic mass is 10.0. The number of carbonyl (C=O) groups is 2. The second kappa shape index (κ2) is 9.81. The average molecular weight is 524 g/mol. The number of carbonyl (C=O) groups excluding carboxylic acids is 2. The highest BCUT2D eigenvalue weighted by atomic mass is 35.5. The van der Waals surface area contributed by atoms with Gasteiger partial charge in [0.15, 0.2) is 0 Å². The van der Waals surface area contributed by atoms with Crippen molar-refractivity contribution < 1.29 is 9.59 Å². The van der Waals surface area contributed by atoms with Gasteiger partial charge in [0.05, 0.1) is 28.7 Å². The number of nitrogens with one attached hydrogen (secondary N) is 1. The lowest BCUT2D eigenvalue weighted by Gasteiger charge is -2.24. The summed E-state index contributed by atoms with van der Waals surface area (Å²) in [4.78, 5) is 34.1. The Morgan fingerprint density at radius 1 is 0.974 bits per heavy atom. The minimum atomic E-state index is -0.199. The van der Waals surface area contributed by atoms with Gasteiger partial charge in [-0.1, -0.05) is 11.6 Å². The van der Waals surface area contributed by atoms with Gasteiger partial charge >= 0.3 is 0 Å². The zero-order chi connectivity index (χ0) is 27.1. The van der Waals surface area contributed by atoms with Gasteiger partial charge in [0.25, 0.3) is 11.8 Å². The van der Waals surface area contributed by atoms with Crippen molar-refractivity contribution in [1.29, 1.82) is 5.26 Å². The molecule has 0 bridgehead atoms. The molecule has 0 saturated carbocycles. The van der Waals surface area contributed by atoms with E-state index in [9.17, 15) is 14.9 Å². The van der Waals surface area contributed by atoms with Gasteiger partial charge < -0.3 is 10.2 Å². The van der Waals surface area contributed by atoms with Gasteiger partial charge in [-0.2, -0.15) is 5.26 Å². The fourth-order valence-corrected chi connectivity index (χ4v) is 5.23. The molecule has 1 aromatic heterocycles. The van der Waals surface area contributed by atoms with Crippen LogP contribution in [0.5, 0.6) is 0 Å². The Balaban J connectivity index is 1.64. The van der Waals surface area contributed by atoms with E-state index in [-0.39, 0.29) is 11.8 Å². The van der Waals surface area contributed by atoms with Gasteiger partial charge in [-0.15, -0.1) is 0 Å². The van der Waals surface area contributed by atoms with Crippen molar-refractivity contribution in [2.75, 3.05) is 23.8 Å². The molecule has 2 heterocycles. The number of halogens is 1. The average Bonchev–Trinajstić information content (AvgIpc) is 3.15. The molecule has 1 aliphatic rings. The van der Waals surface area contributed by atoms with Crippen molar-refractivity contribution in [2.24, 2.45) is 0 Å². The van der Waals surface area contributed by atoms with Crippen LogP contribution in [0, 0.1) is 32.1 Å². The highest BCUT2D eigenvalue weighted by Crippen LogP contribution is 2.39. The third-order valence-electron chi connectivity index (χ3n) is 6.98. The number of fused-ring (bicyclic) bond motifs is 3. The number of imidazole rings is 1. The van der Waals surface area contributed by atoms with Crippen molar-refractivity contribution in [3.63, 3.8) is 0 Å². The Bertz CT molecular complexity index is 1660. The van der Waals surface area contributed by atoms with Crippen molar-refractivity contribution >= 4 is 34.8 Å². The summed E-state index contributed by atoms with van der Waals surface area (Å²) in [6.45, 7) is 5.95. The number of hydrogen-bond donors (Lipinski definition) is 1. The van der Waals surface area contributed by atoms with Crippen LogP contribution in [0.15, 0.2) is 54.6 Å². The van der Waals surface area contributed by atoms with E-state index < -0.39 is 0 Å². The molecule has 1 N–H and O–H groups in total. The fourth-order valence-electron chi connectivity index (χ4n) is 5.05. The second-order valence-corrected chi connectivity index (χ2v) is 9.82. The van der Waals surface area contributed by atoms with E-state index >= 15 is 0 Å². The van der Waals surface area contributed by atoms with Gasteiger partial charge in [0, 0.05) is 47.4 Å². The minimum absolute atomic E-state index is 0.195. The first-order valence-corrected chi connectivity index (χ1v) is 12.6. The largest absolute Gasteiger partial charge is 0.388 e. The maximum absolute atomic E-state index is 13.9. The lowest BCUT2D eigenvalue weighted by molar-refractivity contribution is 0.0957. The van der Waals surface area contributed by atoms with E-state index in [0.717, 1.165) is 22.5 Å². The predicted molar refractivity (Wildman–Crippen MR) is 149 cm³/mol. The van der Waals surface area contributed by atoms with Crippen molar-refractivity contribution in [2.45, 2.75) is 27.2 Å². The summed E-state index contributed by atoms with van der Waals surface area (Å²) >= 11 is 6.45. The van der Waals surface area contributed by atoms with Crippen LogP contribution in [-0.2, 0) is 6.42 Å². The van der Waals surface area contributed by atoms with Gasteiger partial charge in [0.1, 0.15) is 5.82 Å². The van der Waals surface area contributed by atoms with E-state index in [1.54, 1.807) is 45.9 Å². The number of benzene rings is 3. The molecule has 0 unspecified atom stereocenters. The molecule has 0 atom stereocenters. The number of amides is 1. The minimum Gasteiger partial charge on any atom is -0.388 e. The van der Waals surface area contributed by atoms with Crippen LogP contribution in [-0.4, -0.2) is 35.0 Å². The first-order valence-electron chi connectivity index (χ1n) is 12.3. The summed E-state index contributed by atoms with van der Waals surface area (Å²) in [6, 6.07) is 18.1. The highest BCUT2D eigenvalue weighted by Gasteiger charge is 2.31. The maximum atomic E-state index is 13.9. The topological polar surface area (TPSA) is 91.0 Å². The maximum Gasteiger partial charge on any atom is 0.263 e. The van der Waals surface area contributed by atoms with Gasteiger partial charge in [-0.05, 0) is 86.5 Å². The Labute approximate surface area is 226 Å². The predicted octanol–water partition coefficient (Wildman–Crippen LogP) is 5.93. The monoisotopic (exact) mass is 523 g/mol. The van der Waals surface area contributed by atoms with E-state index in [1.807, 2.05) is 46.0 Å². The quantitative estimate of drug-likeness (QED) is 0.359. The van der Waals surface area contributed by atoms with Crippen molar-refractivity contribution in [3.05, 3.63) is 99.0 Å². The van der Waals surface area contributed by atoms with Crippen LogP contribution in [0.25, 0.3) is 11.3 Å². The van der Waals surface area contributed by atoms with Gasteiger partial charge in [0.2, 0.25) is 0 Å². The van der Waals surface area contributed by atoms with Gasteiger partial charge in [-0.3, -0.25) is 14.2 Å². The molecule has 7 nitrogen and oxygen atoms in total. The third kappa shape index (κ3) is 4.23. The standard InChI is InChI=1S/C30H26ClN5O2/c1-17-13-20(5-6-22(17)16-32)29(37)35-12-11-26-28(24-15-23(31)8-10-27(24)35)36(19(3)34-26)30(38)21-7-9-25(33-4)18(2)14-21/h5-10,13-15,33H,11-12H2,1-4H3. The normalized spacial score (nSPS) is 12.3. The first-order chi connectivity index (χ1) is 18.2. The molecule has 1 aliphatic heterocycles. The van der Waals surface area contributed by atoms with Crippen LogP contribution >= 0.6 is 11.6 Å². The second-order valence-electron chi connectivity index (χ2n) is 9.38. The van der Waals surface area contributed by atoms with Crippen molar-refractivity contribution in [3.8, 4) is 17.3 Å². The number of nitriles is 1. The first kappa shape index (κ1) is 25.2. The summed E-state index contributed by atoms with van der Waals surface area (Å²) < 4.78 is 1.62. The molecule has 1 amide bonds. The number of hydrogen-bond acceptors (Lipinski definition) is 5. The molecule has 0 spiro atoms. The van der Waals surface area contributed by atoms with Crippen LogP contribution in [0.3, 0.4) is 0 Å². The van der Waals surface area contributed by atoms with E-state index in [1.165, 1.54) is 0 Å². The van der Waals surface area contributed by atoms with Crippen LogP contribution in [0.4, 0.5) is 11.4 Å². The summed E-state index contributed by atoms with van der Waals surface area (Å²) in [6.07, 6.45) is 0.460. The lowest BCUT2D eigenvalue weighted by Crippen LogP contribution is -2.32. The Morgan fingerprint density at radius 2 is 1.68 bits per heavy atom. The van der Waals surface area contributed by atoms with E-state index in [0.29, 0.717) is 57.4 Å². The highest BCUT2D eigenvalue weighted by molar-refractivity contribution is 6.31. The van der Waals surface area contributed by atoms with E-state index in [2.05, 4.69) is 11.4 Å². The molecule has 190 valence electrons. The fraction of sp³-hybridized carbons (Fsp3) is 0.200. The molecule has 0 aliphatic carbocycles. The molecule has 0 radical (unpaired) electrons. The number of anilines is 2. The third-order valence-corrected chi connectivity index (χ3v) is 7.21. The molecule has 0 saturated heterocycles.